The summed E-state index contributed by atoms with van der Waals surface area (Å²) in [6, 6.07) is 0. The first-order valence-corrected chi connectivity index (χ1v) is 8.42. The highest BCUT2D eigenvalue weighted by Crippen LogP contribution is 2.30. The smallest absolute Gasteiger partial charge is 0.0654 e. The van der Waals surface area contributed by atoms with Crippen molar-refractivity contribution in [2.24, 2.45) is 11.7 Å². The summed E-state index contributed by atoms with van der Waals surface area (Å²) < 4.78 is 5.94. The Balaban J connectivity index is 3.98. The lowest BCUT2D eigenvalue weighted by atomic mass is 9.82. The highest BCUT2D eigenvalue weighted by molar-refractivity contribution is 4.79. The Labute approximate surface area is 121 Å². The fourth-order valence-electron chi connectivity index (χ4n) is 2.86. The lowest BCUT2D eigenvalue weighted by Crippen LogP contribution is -2.35. The first-order chi connectivity index (χ1) is 9.08. The predicted molar refractivity (Wildman–Crippen MR) is 85.5 cm³/mol. The fraction of sp³-hybridized carbons (Fsp3) is 1.00. The second kappa shape index (κ2) is 11.7. The van der Waals surface area contributed by atoms with Crippen LogP contribution in [0.3, 0.4) is 0 Å². The van der Waals surface area contributed by atoms with Gasteiger partial charge >= 0.3 is 0 Å². The molecule has 0 saturated heterocycles. The van der Waals surface area contributed by atoms with Gasteiger partial charge in [0.2, 0.25) is 0 Å². The third-order valence-electron chi connectivity index (χ3n) is 4.16. The van der Waals surface area contributed by atoms with E-state index in [9.17, 15) is 0 Å². The molecule has 0 aromatic rings. The molecule has 0 aliphatic rings. The molecule has 0 rings (SSSR count). The van der Waals surface area contributed by atoms with Crippen molar-refractivity contribution in [2.75, 3.05) is 13.2 Å². The van der Waals surface area contributed by atoms with Crippen molar-refractivity contribution in [1.82, 2.24) is 0 Å². The van der Waals surface area contributed by atoms with Gasteiger partial charge in [0.1, 0.15) is 0 Å². The van der Waals surface area contributed by atoms with E-state index in [2.05, 4.69) is 27.7 Å². The van der Waals surface area contributed by atoms with E-state index in [1.54, 1.807) is 0 Å². The van der Waals surface area contributed by atoms with Crippen LogP contribution in [0.15, 0.2) is 0 Å². The van der Waals surface area contributed by atoms with Gasteiger partial charge in [-0.2, -0.15) is 0 Å². The zero-order valence-electron chi connectivity index (χ0n) is 13.8. The molecule has 0 aliphatic heterocycles. The number of unbranched alkanes of at least 4 members (excludes halogenated alkanes) is 5. The number of hydrogen-bond donors (Lipinski definition) is 1. The fourth-order valence-corrected chi connectivity index (χ4v) is 2.86. The summed E-state index contributed by atoms with van der Waals surface area (Å²) in [6.45, 7) is 10.5. The van der Waals surface area contributed by atoms with E-state index in [0.717, 1.165) is 19.6 Å². The van der Waals surface area contributed by atoms with E-state index in [1.165, 1.54) is 51.4 Å². The predicted octanol–water partition coefficient (Wildman–Crippen LogP) is 4.91. The van der Waals surface area contributed by atoms with Crippen molar-refractivity contribution >= 4 is 0 Å². The molecule has 0 aliphatic carbocycles. The molecule has 0 amide bonds. The van der Waals surface area contributed by atoms with Crippen LogP contribution in [-0.4, -0.2) is 18.8 Å². The zero-order valence-corrected chi connectivity index (χ0v) is 13.8. The summed E-state index contributed by atoms with van der Waals surface area (Å²) >= 11 is 0. The highest BCUT2D eigenvalue weighted by atomic mass is 16.5. The molecule has 19 heavy (non-hydrogen) atoms. The van der Waals surface area contributed by atoms with Crippen LogP contribution < -0.4 is 5.73 Å². The van der Waals surface area contributed by atoms with E-state index < -0.39 is 0 Å². The molecule has 2 heteroatoms. The SMILES string of the molecule is CCCCCCCC[C@H](CCCN)C(C)(C)OCC. The van der Waals surface area contributed by atoms with Crippen molar-refractivity contribution in [1.29, 1.82) is 0 Å². The van der Waals surface area contributed by atoms with Gasteiger partial charge in [-0.25, -0.2) is 0 Å². The second-order valence-corrected chi connectivity index (χ2v) is 6.22. The summed E-state index contributed by atoms with van der Waals surface area (Å²) in [7, 11) is 0. The maximum atomic E-state index is 5.94. The summed E-state index contributed by atoms with van der Waals surface area (Å²) in [6.07, 6.45) is 11.9. The molecule has 0 aromatic carbocycles. The Hall–Kier alpha value is -0.0800. The average Bonchev–Trinajstić information content (AvgIpc) is 2.36. The van der Waals surface area contributed by atoms with E-state index in [1.807, 2.05) is 0 Å². The molecular formula is C17H37NO. The molecule has 0 bridgehead atoms. The number of ether oxygens (including phenoxy) is 1. The van der Waals surface area contributed by atoms with Crippen LogP contribution in [0.1, 0.15) is 85.5 Å². The Kier molecular flexibility index (Phi) is 11.7. The lowest BCUT2D eigenvalue weighted by molar-refractivity contribution is -0.0602. The number of nitrogens with two attached hydrogens (primary N) is 1. The van der Waals surface area contributed by atoms with Gasteiger partial charge in [0.15, 0.2) is 0 Å². The van der Waals surface area contributed by atoms with Gasteiger partial charge in [-0.1, -0.05) is 45.4 Å². The van der Waals surface area contributed by atoms with Gasteiger partial charge in [0.05, 0.1) is 5.60 Å². The maximum absolute atomic E-state index is 5.94. The summed E-state index contributed by atoms with van der Waals surface area (Å²) in [4.78, 5) is 0. The first-order valence-electron chi connectivity index (χ1n) is 8.42. The van der Waals surface area contributed by atoms with E-state index >= 15 is 0 Å². The quantitative estimate of drug-likeness (QED) is 0.483. The molecular weight excluding hydrogens is 234 g/mol. The molecule has 116 valence electrons. The molecule has 0 spiro atoms. The zero-order chi connectivity index (χ0) is 14.6. The molecule has 0 aromatic heterocycles. The maximum Gasteiger partial charge on any atom is 0.0654 e. The van der Waals surface area contributed by atoms with Gasteiger partial charge in [-0.05, 0) is 52.5 Å². The Morgan fingerprint density at radius 2 is 1.47 bits per heavy atom. The van der Waals surface area contributed by atoms with Crippen LogP contribution in [-0.2, 0) is 4.74 Å². The average molecular weight is 271 g/mol. The van der Waals surface area contributed by atoms with Crippen LogP contribution in [0.25, 0.3) is 0 Å². The van der Waals surface area contributed by atoms with Gasteiger partial charge < -0.3 is 10.5 Å². The van der Waals surface area contributed by atoms with E-state index in [-0.39, 0.29) is 5.60 Å². The normalized spacial score (nSPS) is 13.7. The monoisotopic (exact) mass is 271 g/mol. The van der Waals surface area contributed by atoms with Crippen LogP contribution in [0.5, 0.6) is 0 Å². The van der Waals surface area contributed by atoms with Gasteiger partial charge in [0, 0.05) is 6.61 Å². The van der Waals surface area contributed by atoms with Gasteiger partial charge in [-0.3, -0.25) is 0 Å². The topological polar surface area (TPSA) is 35.2 Å². The van der Waals surface area contributed by atoms with Crippen LogP contribution in [0.2, 0.25) is 0 Å². The highest BCUT2D eigenvalue weighted by Gasteiger charge is 2.28. The third kappa shape index (κ3) is 9.45. The molecule has 0 fully saturated rings. The van der Waals surface area contributed by atoms with Crippen LogP contribution >= 0.6 is 0 Å². The standard InChI is InChI=1S/C17H37NO/c1-5-7-8-9-10-11-13-16(14-12-15-18)17(3,4)19-6-2/h16H,5-15,18H2,1-4H3/t16-/m1/s1. The third-order valence-corrected chi connectivity index (χ3v) is 4.16. The molecule has 1 atom stereocenters. The second-order valence-electron chi connectivity index (χ2n) is 6.22. The molecule has 0 radical (unpaired) electrons. The van der Waals surface area contributed by atoms with Crippen molar-refractivity contribution in [3.8, 4) is 0 Å². The van der Waals surface area contributed by atoms with E-state index in [0.29, 0.717) is 5.92 Å². The minimum absolute atomic E-state index is 0.00728. The summed E-state index contributed by atoms with van der Waals surface area (Å²) in [5.74, 6) is 0.655. The van der Waals surface area contributed by atoms with Crippen LogP contribution in [0.4, 0.5) is 0 Å². The van der Waals surface area contributed by atoms with Gasteiger partial charge in [-0.15, -0.1) is 0 Å². The van der Waals surface area contributed by atoms with Crippen LogP contribution in [0, 0.1) is 5.92 Å². The Bertz CT molecular complexity index is 192. The number of hydrogen-bond acceptors (Lipinski definition) is 2. The molecule has 0 saturated carbocycles. The van der Waals surface area contributed by atoms with Crippen molar-refractivity contribution in [3.05, 3.63) is 0 Å². The first kappa shape index (κ1) is 18.9. The Morgan fingerprint density at radius 1 is 0.895 bits per heavy atom. The van der Waals surface area contributed by atoms with Gasteiger partial charge in [0.25, 0.3) is 0 Å². The Morgan fingerprint density at radius 3 is 2.05 bits per heavy atom. The molecule has 0 unspecified atom stereocenters. The number of rotatable bonds is 13. The minimum atomic E-state index is 0.00728. The minimum Gasteiger partial charge on any atom is -0.376 e. The largest absolute Gasteiger partial charge is 0.376 e. The van der Waals surface area contributed by atoms with E-state index in [4.69, 9.17) is 10.5 Å². The van der Waals surface area contributed by atoms with Crippen molar-refractivity contribution in [2.45, 2.75) is 91.1 Å². The lowest BCUT2D eigenvalue weighted by Gasteiger charge is -2.34. The summed E-state index contributed by atoms with van der Waals surface area (Å²) in [5, 5.41) is 0. The molecule has 2 N–H and O–H groups in total. The van der Waals surface area contributed by atoms with Crippen molar-refractivity contribution < 1.29 is 4.74 Å². The molecule has 0 heterocycles. The summed E-state index contributed by atoms with van der Waals surface area (Å²) in [5.41, 5.74) is 5.67. The van der Waals surface area contributed by atoms with Crippen molar-refractivity contribution in [3.63, 3.8) is 0 Å². The molecule has 2 nitrogen and oxygen atoms in total.